The fourth-order valence-corrected chi connectivity index (χ4v) is 1.77. The van der Waals surface area contributed by atoms with Crippen molar-refractivity contribution in [3.05, 3.63) is 35.3 Å². The van der Waals surface area contributed by atoms with Gasteiger partial charge in [-0.15, -0.1) is 10.2 Å². The number of hydrogen-bond acceptors (Lipinski definition) is 6. The number of nitrogens with zero attached hydrogens (tertiary/aromatic N) is 2. The minimum absolute atomic E-state index is 0.424. The molecule has 0 aliphatic heterocycles. The number of rotatable bonds is 6. The molecular formula is C11H13N3O2S. The molecule has 5 nitrogen and oxygen atoms in total. The van der Waals surface area contributed by atoms with Crippen molar-refractivity contribution in [3.8, 4) is 5.75 Å². The third-order valence-electron chi connectivity index (χ3n) is 1.95. The Morgan fingerprint density at radius 1 is 1.12 bits per heavy atom. The average Bonchev–Trinajstić information content (AvgIpc) is 2.76. The average molecular weight is 251 g/mol. The van der Waals surface area contributed by atoms with Crippen LogP contribution in [0.1, 0.15) is 5.01 Å². The molecule has 6 heteroatoms. The highest BCUT2D eigenvalue weighted by molar-refractivity contribution is 7.15. The summed E-state index contributed by atoms with van der Waals surface area (Å²) >= 11 is 1.33. The molecule has 1 aromatic heterocycles. The molecule has 90 valence electrons. The summed E-state index contributed by atoms with van der Waals surface area (Å²) in [4.78, 5) is 0. The zero-order valence-corrected chi connectivity index (χ0v) is 10.0. The molecule has 1 heterocycles. The van der Waals surface area contributed by atoms with Gasteiger partial charge in [-0.3, -0.25) is 0 Å². The van der Waals surface area contributed by atoms with Crippen LogP contribution in [0.3, 0.4) is 0 Å². The molecule has 2 N–H and O–H groups in total. The van der Waals surface area contributed by atoms with Gasteiger partial charge in [0, 0.05) is 0 Å². The Balaban J connectivity index is 1.61. The first-order valence-corrected chi connectivity index (χ1v) is 6.00. The van der Waals surface area contributed by atoms with Crippen LogP contribution in [0, 0.1) is 0 Å². The minimum Gasteiger partial charge on any atom is -0.491 e. The van der Waals surface area contributed by atoms with Crippen molar-refractivity contribution in [3.63, 3.8) is 0 Å². The van der Waals surface area contributed by atoms with Crippen LogP contribution < -0.4 is 10.5 Å². The highest BCUT2D eigenvalue weighted by Gasteiger charge is 2.00. The van der Waals surface area contributed by atoms with Gasteiger partial charge in [-0.25, -0.2) is 0 Å². The van der Waals surface area contributed by atoms with E-state index in [2.05, 4.69) is 10.2 Å². The van der Waals surface area contributed by atoms with Crippen LogP contribution in [0.4, 0.5) is 5.13 Å². The van der Waals surface area contributed by atoms with Gasteiger partial charge >= 0.3 is 0 Å². The lowest BCUT2D eigenvalue weighted by molar-refractivity contribution is 0.0885. The Morgan fingerprint density at radius 2 is 1.94 bits per heavy atom. The lowest BCUT2D eigenvalue weighted by atomic mass is 10.3. The number of hydrogen-bond donors (Lipinski definition) is 1. The summed E-state index contributed by atoms with van der Waals surface area (Å²) in [6.07, 6.45) is 0. The van der Waals surface area contributed by atoms with Crippen LogP contribution in [0.25, 0.3) is 0 Å². The smallest absolute Gasteiger partial charge is 0.203 e. The monoisotopic (exact) mass is 251 g/mol. The molecular weight excluding hydrogens is 238 g/mol. The normalized spacial score (nSPS) is 10.4. The van der Waals surface area contributed by atoms with E-state index in [9.17, 15) is 0 Å². The van der Waals surface area contributed by atoms with Gasteiger partial charge in [0.05, 0.1) is 6.61 Å². The molecule has 0 spiro atoms. The minimum atomic E-state index is 0.424. The first-order valence-electron chi connectivity index (χ1n) is 5.18. The molecule has 0 saturated heterocycles. The fourth-order valence-electron chi connectivity index (χ4n) is 1.22. The molecule has 2 rings (SSSR count). The Bertz CT molecular complexity index is 447. The summed E-state index contributed by atoms with van der Waals surface area (Å²) in [6.45, 7) is 1.44. The van der Waals surface area contributed by atoms with Gasteiger partial charge in [0.25, 0.3) is 0 Å². The summed E-state index contributed by atoms with van der Waals surface area (Å²) < 4.78 is 10.8. The van der Waals surface area contributed by atoms with E-state index in [0.717, 1.165) is 10.8 Å². The van der Waals surface area contributed by atoms with Crippen molar-refractivity contribution in [2.75, 3.05) is 18.9 Å². The van der Waals surface area contributed by atoms with Gasteiger partial charge < -0.3 is 15.2 Å². The second kappa shape index (κ2) is 6.17. The largest absolute Gasteiger partial charge is 0.491 e. The van der Waals surface area contributed by atoms with Crippen molar-refractivity contribution in [2.45, 2.75) is 6.61 Å². The molecule has 0 unspecified atom stereocenters. The van der Waals surface area contributed by atoms with Gasteiger partial charge in [0.2, 0.25) is 5.13 Å². The van der Waals surface area contributed by atoms with E-state index in [1.807, 2.05) is 30.3 Å². The number of nitrogens with two attached hydrogens (primary N) is 1. The standard InChI is InChI=1S/C11H13N3O2S/c12-11-14-13-10(17-11)8-15-6-7-16-9-4-2-1-3-5-9/h1-5H,6-8H2,(H2,12,14). The van der Waals surface area contributed by atoms with Crippen molar-refractivity contribution in [1.82, 2.24) is 10.2 Å². The van der Waals surface area contributed by atoms with Gasteiger partial charge in [0.15, 0.2) is 0 Å². The summed E-state index contributed by atoms with van der Waals surface area (Å²) in [5.41, 5.74) is 5.45. The zero-order chi connectivity index (χ0) is 11.9. The van der Waals surface area contributed by atoms with E-state index >= 15 is 0 Å². The van der Waals surface area contributed by atoms with E-state index < -0.39 is 0 Å². The SMILES string of the molecule is Nc1nnc(COCCOc2ccccc2)s1. The molecule has 0 radical (unpaired) electrons. The van der Waals surface area contributed by atoms with Gasteiger partial charge in [-0.2, -0.15) is 0 Å². The third-order valence-corrected chi connectivity index (χ3v) is 2.67. The van der Waals surface area contributed by atoms with E-state index in [0.29, 0.717) is 25.0 Å². The van der Waals surface area contributed by atoms with Crippen LogP contribution in [0.5, 0.6) is 5.75 Å². The maximum Gasteiger partial charge on any atom is 0.203 e. The maximum absolute atomic E-state index is 5.47. The number of benzene rings is 1. The molecule has 0 bridgehead atoms. The second-order valence-corrected chi connectivity index (χ2v) is 4.34. The molecule has 0 amide bonds. The van der Waals surface area contributed by atoms with Crippen molar-refractivity contribution < 1.29 is 9.47 Å². The summed E-state index contributed by atoms with van der Waals surface area (Å²) in [7, 11) is 0. The van der Waals surface area contributed by atoms with Crippen LogP contribution in [0.2, 0.25) is 0 Å². The summed E-state index contributed by atoms with van der Waals surface area (Å²) in [5, 5.41) is 8.79. The van der Waals surface area contributed by atoms with E-state index in [-0.39, 0.29) is 0 Å². The van der Waals surface area contributed by atoms with Crippen molar-refractivity contribution >= 4 is 16.5 Å². The fraction of sp³-hybridized carbons (Fsp3) is 0.273. The molecule has 0 saturated carbocycles. The van der Waals surface area contributed by atoms with Crippen LogP contribution >= 0.6 is 11.3 Å². The number of nitrogen functional groups attached to an aromatic ring is 1. The summed E-state index contributed by atoms with van der Waals surface area (Å²) in [6, 6.07) is 9.63. The lowest BCUT2D eigenvalue weighted by Gasteiger charge is -2.05. The quantitative estimate of drug-likeness (QED) is 0.791. The highest BCUT2D eigenvalue weighted by atomic mass is 32.1. The highest BCUT2D eigenvalue weighted by Crippen LogP contribution is 2.12. The van der Waals surface area contributed by atoms with E-state index in [4.69, 9.17) is 15.2 Å². The Hall–Kier alpha value is -1.66. The first kappa shape index (κ1) is 11.8. The predicted molar refractivity (Wildman–Crippen MR) is 65.9 cm³/mol. The lowest BCUT2D eigenvalue weighted by Crippen LogP contribution is -2.06. The molecule has 0 aliphatic carbocycles. The Kier molecular flexibility index (Phi) is 4.29. The Morgan fingerprint density at radius 3 is 2.65 bits per heavy atom. The zero-order valence-electron chi connectivity index (χ0n) is 9.20. The third kappa shape index (κ3) is 4.01. The van der Waals surface area contributed by atoms with Gasteiger partial charge in [-0.05, 0) is 12.1 Å². The molecule has 2 aromatic rings. The molecule has 0 aliphatic rings. The number of anilines is 1. The first-order chi connectivity index (χ1) is 8.34. The van der Waals surface area contributed by atoms with E-state index in [1.165, 1.54) is 11.3 Å². The van der Waals surface area contributed by atoms with E-state index in [1.54, 1.807) is 0 Å². The number of aromatic nitrogens is 2. The molecule has 1 aromatic carbocycles. The van der Waals surface area contributed by atoms with Gasteiger partial charge in [0.1, 0.15) is 24.0 Å². The molecule has 17 heavy (non-hydrogen) atoms. The summed E-state index contributed by atoms with van der Waals surface area (Å²) in [5.74, 6) is 0.844. The number of para-hydroxylation sites is 1. The van der Waals surface area contributed by atoms with Crippen LogP contribution in [0.15, 0.2) is 30.3 Å². The van der Waals surface area contributed by atoms with Gasteiger partial charge in [-0.1, -0.05) is 29.5 Å². The Labute approximate surface area is 103 Å². The van der Waals surface area contributed by atoms with Crippen LogP contribution in [-0.4, -0.2) is 23.4 Å². The predicted octanol–water partition coefficient (Wildman–Crippen LogP) is 1.72. The van der Waals surface area contributed by atoms with Crippen molar-refractivity contribution in [2.24, 2.45) is 0 Å². The van der Waals surface area contributed by atoms with Crippen molar-refractivity contribution in [1.29, 1.82) is 0 Å². The second-order valence-electron chi connectivity index (χ2n) is 3.25. The number of ether oxygens (including phenoxy) is 2. The maximum atomic E-state index is 5.47. The van der Waals surface area contributed by atoms with Crippen LogP contribution in [-0.2, 0) is 11.3 Å². The molecule has 0 atom stereocenters. The topological polar surface area (TPSA) is 70.3 Å². The molecule has 0 fully saturated rings.